The van der Waals surface area contributed by atoms with Crippen LogP contribution in [0.1, 0.15) is 43.5 Å². The molecule has 1 aromatic rings. The van der Waals surface area contributed by atoms with Crippen molar-refractivity contribution in [3.8, 4) is 0 Å². The normalized spacial score (nSPS) is 11.7. The molecule has 8 heteroatoms. The number of esters is 1. The van der Waals surface area contributed by atoms with Crippen molar-refractivity contribution in [3.63, 3.8) is 0 Å². The predicted molar refractivity (Wildman–Crippen MR) is 109 cm³/mol. The molecule has 0 heterocycles. The standard InChI is InChI=1S/C19H27ClN2O4S/c1-4-15(5-2)21-17(23)12-26-19(25)16(10-11-27-3)22-18(24)13-6-8-14(20)9-7-13/h6-9,15-16H,4-5,10-12H2,1-3H3,(H,21,23)(H,22,24)/t16-/m1/s1. The van der Waals surface area contributed by atoms with Crippen molar-refractivity contribution in [1.29, 1.82) is 0 Å². The number of amides is 2. The van der Waals surface area contributed by atoms with Crippen LogP contribution in [0.15, 0.2) is 24.3 Å². The third-order valence-electron chi connectivity index (χ3n) is 4.00. The van der Waals surface area contributed by atoms with Crippen LogP contribution in [0.4, 0.5) is 0 Å². The molecule has 6 nitrogen and oxygen atoms in total. The Bertz CT molecular complexity index is 621. The highest BCUT2D eigenvalue weighted by molar-refractivity contribution is 7.98. The van der Waals surface area contributed by atoms with Gasteiger partial charge in [-0.15, -0.1) is 0 Å². The SMILES string of the molecule is CCC(CC)NC(=O)COC(=O)[C@@H](CCSC)NC(=O)c1ccc(Cl)cc1. The van der Waals surface area contributed by atoms with Crippen molar-refractivity contribution in [2.45, 2.75) is 45.2 Å². The third kappa shape index (κ3) is 8.67. The molecule has 0 aromatic heterocycles. The summed E-state index contributed by atoms with van der Waals surface area (Å²) in [4.78, 5) is 36.6. The molecule has 0 saturated carbocycles. The van der Waals surface area contributed by atoms with Crippen LogP contribution in [0.3, 0.4) is 0 Å². The molecule has 1 atom stereocenters. The Hall–Kier alpha value is -1.73. The van der Waals surface area contributed by atoms with Gasteiger partial charge in [0.1, 0.15) is 6.04 Å². The molecule has 0 aliphatic rings. The summed E-state index contributed by atoms with van der Waals surface area (Å²) in [5, 5.41) is 6.00. The minimum Gasteiger partial charge on any atom is -0.454 e. The Kier molecular flexibility index (Phi) is 10.9. The molecule has 2 amide bonds. The van der Waals surface area contributed by atoms with Crippen molar-refractivity contribution >= 4 is 41.1 Å². The molecule has 150 valence electrons. The number of benzene rings is 1. The summed E-state index contributed by atoms with van der Waals surface area (Å²) in [7, 11) is 0. The van der Waals surface area contributed by atoms with E-state index in [1.54, 1.807) is 36.0 Å². The van der Waals surface area contributed by atoms with Gasteiger partial charge in [0, 0.05) is 16.6 Å². The van der Waals surface area contributed by atoms with E-state index in [9.17, 15) is 14.4 Å². The number of carbonyl (C=O) groups is 3. The first kappa shape index (κ1) is 23.3. The zero-order valence-corrected chi connectivity index (χ0v) is 17.5. The van der Waals surface area contributed by atoms with Crippen LogP contribution in [0, 0.1) is 0 Å². The number of ether oxygens (including phenoxy) is 1. The number of nitrogens with one attached hydrogen (secondary N) is 2. The molecule has 0 radical (unpaired) electrons. The highest BCUT2D eigenvalue weighted by Crippen LogP contribution is 2.10. The number of hydrogen-bond donors (Lipinski definition) is 2. The molecule has 0 fully saturated rings. The number of thioether (sulfide) groups is 1. The Balaban J connectivity index is 2.63. The van der Waals surface area contributed by atoms with Gasteiger partial charge < -0.3 is 15.4 Å². The first-order valence-electron chi connectivity index (χ1n) is 8.92. The third-order valence-corrected chi connectivity index (χ3v) is 4.90. The highest BCUT2D eigenvalue weighted by atomic mass is 35.5. The van der Waals surface area contributed by atoms with Crippen LogP contribution in [0.2, 0.25) is 5.02 Å². The molecule has 0 spiro atoms. The Morgan fingerprint density at radius 3 is 2.30 bits per heavy atom. The van der Waals surface area contributed by atoms with Gasteiger partial charge in [-0.25, -0.2) is 4.79 Å². The maximum absolute atomic E-state index is 12.4. The van der Waals surface area contributed by atoms with E-state index in [1.807, 2.05) is 20.1 Å². The summed E-state index contributed by atoms with van der Waals surface area (Å²) in [5.41, 5.74) is 0.396. The Morgan fingerprint density at radius 1 is 1.11 bits per heavy atom. The maximum atomic E-state index is 12.4. The summed E-state index contributed by atoms with van der Waals surface area (Å²) >= 11 is 7.38. The minimum absolute atomic E-state index is 0.0631. The van der Waals surface area contributed by atoms with Crippen molar-refractivity contribution < 1.29 is 19.1 Å². The van der Waals surface area contributed by atoms with E-state index in [0.29, 0.717) is 22.8 Å². The molecule has 0 saturated heterocycles. The lowest BCUT2D eigenvalue weighted by Crippen LogP contribution is -2.44. The second-order valence-corrected chi connectivity index (χ2v) is 7.43. The average Bonchev–Trinajstić information content (AvgIpc) is 2.67. The lowest BCUT2D eigenvalue weighted by Gasteiger charge is -2.18. The topological polar surface area (TPSA) is 84.5 Å². The van der Waals surface area contributed by atoms with E-state index in [4.69, 9.17) is 16.3 Å². The maximum Gasteiger partial charge on any atom is 0.329 e. The van der Waals surface area contributed by atoms with Crippen LogP contribution in [0.25, 0.3) is 0 Å². The number of halogens is 1. The van der Waals surface area contributed by atoms with Gasteiger partial charge in [0.25, 0.3) is 11.8 Å². The molecule has 2 N–H and O–H groups in total. The Morgan fingerprint density at radius 2 is 1.74 bits per heavy atom. The van der Waals surface area contributed by atoms with E-state index in [0.717, 1.165) is 12.8 Å². The summed E-state index contributed by atoms with van der Waals surface area (Å²) in [6, 6.07) is 5.62. The van der Waals surface area contributed by atoms with Gasteiger partial charge in [0.05, 0.1) is 0 Å². The smallest absolute Gasteiger partial charge is 0.329 e. The van der Waals surface area contributed by atoms with Gasteiger partial charge in [-0.1, -0.05) is 25.4 Å². The summed E-state index contributed by atoms with van der Waals surface area (Å²) in [6.45, 7) is 3.60. The summed E-state index contributed by atoms with van der Waals surface area (Å²) in [5.74, 6) is -0.687. The highest BCUT2D eigenvalue weighted by Gasteiger charge is 2.23. The number of hydrogen-bond acceptors (Lipinski definition) is 5. The number of rotatable bonds is 11. The van der Waals surface area contributed by atoms with Crippen molar-refractivity contribution in [2.75, 3.05) is 18.6 Å². The second kappa shape index (κ2) is 12.6. The van der Waals surface area contributed by atoms with E-state index in [2.05, 4.69) is 10.6 Å². The van der Waals surface area contributed by atoms with E-state index in [1.165, 1.54) is 0 Å². The van der Waals surface area contributed by atoms with Crippen LogP contribution in [-0.4, -0.2) is 48.5 Å². The molecule has 1 aromatic carbocycles. The summed E-state index contributed by atoms with van der Waals surface area (Å²) < 4.78 is 5.11. The van der Waals surface area contributed by atoms with Crippen LogP contribution < -0.4 is 10.6 Å². The van der Waals surface area contributed by atoms with Gasteiger partial charge in [-0.2, -0.15) is 11.8 Å². The first-order chi connectivity index (χ1) is 12.9. The van der Waals surface area contributed by atoms with Gasteiger partial charge >= 0.3 is 5.97 Å². The molecule has 0 aliphatic heterocycles. The van der Waals surface area contributed by atoms with E-state index >= 15 is 0 Å². The van der Waals surface area contributed by atoms with Crippen molar-refractivity contribution in [3.05, 3.63) is 34.9 Å². The molecular weight excluding hydrogens is 388 g/mol. The molecule has 0 unspecified atom stereocenters. The molecular formula is C19H27ClN2O4S. The van der Waals surface area contributed by atoms with Crippen LogP contribution in [-0.2, 0) is 14.3 Å². The van der Waals surface area contributed by atoms with Crippen LogP contribution >= 0.6 is 23.4 Å². The van der Waals surface area contributed by atoms with Crippen molar-refractivity contribution in [1.82, 2.24) is 10.6 Å². The lowest BCUT2D eigenvalue weighted by atomic mass is 10.1. The molecule has 0 aliphatic carbocycles. The average molecular weight is 415 g/mol. The van der Waals surface area contributed by atoms with E-state index < -0.39 is 17.9 Å². The Labute approximate surface area is 169 Å². The molecule has 27 heavy (non-hydrogen) atoms. The number of carbonyl (C=O) groups excluding carboxylic acids is 3. The van der Waals surface area contributed by atoms with Gasteiger partial charge in [0.2, 0.25) is 0 Å². The van der Waals surface area contributed by atoms with Gasteiger partial charge in [0.15, 0.2) is 6.61 Å². The zero-order chi connectivity index (χ0) is 20.2. The lowest BCUT2D eigenvalue weighted by molar-refractivity contribution is -0.150. The first-order valence-corrected chi connectivity index (χ1v) is 10.7. The molecule has 1 rings (SSSR count). The second-order valence-electron chi connectivity index (χ2n) is 6.00. The summed E-state index contributed by atoms with van der Waals surface area (Å²) in [6.07, 6.45) is 3.94. The fourth-order valence-corrected chi connectivity index (χ4v) is 2.92. The van der Waals surface area contributed by atoms with Gasteiger partial charge in [-0.05, 0) is 55.5 Å². The van der Waals surface area contributed by atoms with E-state index in [-0.39, 0.29) is 18.6 Å². The fourth-order valence-electron chi connectivity index (χ4n) is 2.33. The van der Waals surface area contributed by atoms with Crippen LogP contribution in [0.5, 0.6) is 0 Å². The molecule has 0 bridgehead atoms. The minimum atomic E-state index is -0.818. The van der Waals surface area contributed by atoms with Gasteiger partial charge in [-0.3, -0.25) is 9.59 Å². The quantitative estimate of drug-likeness (QED) is 0.543. The largest absolute Gasteiger partial charge is 0.454 e. The predicted octanol–water partition coefficient (Wildman–Crippen LogP) is 3.04. The fraction of sp³-hybridized carbons (Fsp3) is 0.526. The zero-order valence-electron chi connectivity index (χ0n) is 15.9. The monoisotopic (exact) mass is 414 g/mol. The van der Waals surface area contributed by atoms with Crippen molar-refractivity contribution in [2.24, 2.45) is 0 Å².